The third-order valence-corrected chi connectivity index (χ3v) is 6.37. The van der Waals surface area contributed by atoms with Crippen LogP contribution >= 0.6 is 11.8 Å². The molecule has 3 aromatic rings. The highest BCUT2D eigenvalue weighted by Crippen LogP contribution is 2.36. The van der Waals surface area contributed by atoms with E-state index in [0.29, 0.717) is 0 Å². The zero-order valence-corrected chi connectivity index (χ0v) is 20.1. The van der Waals surface area contributed by atoms with Crippen molar-refractivity contribution in [2.75, 3.05) is 0 Å². The van der Waals surface area contributed by atoms with E-state index in [9.17, 15) is 0 Å². The summed E-state index contributed by atoms with van der Waals surface area (Å²) < 4.78 is 0. The Morgan fingerprint density at radius 1 is 0.767 bits per heavy atom. The highest BCUT2D eigenvalue weighted by Gasteiger charge is 2.22. The Kier molecular flexibility index (Phi) is 6.57. The van der Waals surface area contributed by atoms with Crippen LogP contribution in [0.3, 0.4) is 0 Å². The van der Waals surface area contributed by atoms with Gasteiger partial charge in [0.2, 0.25) is 0 Å². The van der Waals surface area contributed by atoms with E-state index >= 15 is 0 Å². The van der Waals surface area contributed by atoms with Gasteiger partial charge in [0.25, 0.3) is 0 Å². The Bertz CT molecular complexity index is 1030. The maximum atomic E-state index is 4.93. The summed E-state index contributed by atoms with van der Waals surface area (Å²) in [6.07, 6.45) is 2.05. The number of rotatable bonds is 4. The van der Waals surface area contributed by atoms with Gasteiger partial charge in [-0.3, -0.25) is 4.99 Å². The largest absolute Gasteiger partial charge is 0.255 e. The van der Waals surface area contributed by atoms with E-state index in [1.54, 1.807) is 11.8 Å². The van der Waals surface area contributed by atoms with Crippen LogP contribution in [-0.2, 0) is 10.8 Å². The first-order valence-corrected chi connectivity index (χ1v) is 11.4. The van der Waals surface area contributed by atoms with Crippen LogP contribution in [0, 0.1) is 6.92 Å². The van der Waals surface area contributed by atoms with E-state index in [1.165, 1.54) is 32.0 Å². The van der Waals surface area contributed by atoms with Crippen molar-refractivity contribution in [2.24, 2.45) is 4.99 Å². The zero-order valence-electron chi connectivity index (χ0n) is 19.3. The lowest BCUT2D eigenvalue weighted by molar-refractivity contribution is 0.565. The fourth-order valence-corrected chi connectivity index (χ4v) is 4.41. The van der Waals surface area contributed by atoms with Crippen molar-refractivity contribution in [2.45, 2.75) is 69.1 Å². The molecule has 0 saturated carbocycles. The van der Waals surface area contributed by atoms with Gasteiger partial charge < -0.3 is 0 Å². The fraction of sp³-hybridized carbons (Fsp3) is 0.321. The Morgan fingerprint density at radius 3 is 2.03 bits per heavy atom. The maximum absolute atomic E-state index is 4.93. The van der Waals surface area contributed by atoms with E-state index in [0.717, 1.165) is 5.69 Å². The second-order valence-corrected chi connectivity index (χ2v) is 11.0. The number of hydrogen-bond acceptors (Lipinski definition) is 2. The molecule has 0 aliphatic heterocycles. The van der Waals surface area contributed by atoms with Gasteiger partial charge in [0.05, 0.1) is 5.69 Å². The quantitative estimate of drug-likeness (QED) is 0.389. The first kappa shape index (κ1) is 22.4. The van der Waals surface area contributed by atoms with E-state index < -0.39 is 0 Å². The van der Waals surface area contributed by atoms with Crippen molar-refractivity contribution in [1.29, 1.82) is 0 Å². The molecular formula is C28H33NS. The molecule has 0 radical (unpaired) electrons. The van der Waals surface area contributed by atoms with Crippen LogP contribution in [0.5, 0.6) is 0 Å². The molecule has 0 bridgehead atoms. The molecule has 30 heavy (non-hydrogen) atoms. The topological polar surface area (TPSA) is 12.4 Å². The van der Waals surface area contributed by atoms with Crippen LogP contribution in [0.4, 0.5) is 5.69 Å². The normalized spacial score (nSPS) is 12.5. The lowest BCUT2D eigenvalue weighted by Crippen LogP contribution is -2.19. The second kappa shape index (κ2) is 8.81. The third kappa shape index (κ3) is 5.43. The summed E-state index contributed by atoms with van der Waals surface area (Å²) in [6, 6.07) is 23.5. The molecule has 0 fully saturated rings. The molecule has 1 nitrogen and oxygen atoms in total. The van der Waals surface area contributed by atoms with Crippen LogP contribution < -0.4 is 0 Å². The van der Waals surface area contributed by atoms with Crippen molar-refractivity contribution in [3.8, 4) is 0 Å². The molecular weight excluding hydrogens is 382 g/mol. The van der Waals surface area contributed by atoms with Gasteiger partial charge in [-0.2, -0.15) is 0 Å². The summed E-state index contributed by atoms with van der Waals surface area (Å²) in [7, 11) is 0. The predicted octanol–water partition coefficient (Wildman–Crippen LogP) is 8.49. The molecule has 0 aliphatic carbocycles. The lowest BCUT2D eigenvalue weighted by atomic mass is 9.77. The Morgan fingerprint density at radius 2 is 1.40 bits per heavy atom. The number of hydrogen-bond donors (Lipinski definition) is 0. The van der Waals surface area contributed by atoms with Crippen LogP contribution in [0.25, 0.3) is 0 Å². The van der Waals surface area contributed by atoms with Crippen molar-refractivity contribution in [1.82, 2.24) is 0 Å². The van der Waals surface area contributed by atoms with Crippen molar-refractivity contribution in [3.05, 3.63) is 89.0 Å². The number of para-hydroxylation sites is 1. The van der Waals surface area contributed by atoms with Gasteiger partial charge >= 0.3 is 0 Å². The van der Waals surface area contributed by atoms with Gasteiger partial charge in [-0.05, 0) is 70.3 Å². The molecule has 156 valence electrons. The molecule has 0 saturated heterocycles. The Hall–Kier alpha value is -2.32. The van der Waals surface area contributed by atoms with Crippen molar-refractivity contribution in [3.63, 3.8) is 0 Å². The number of nitrogens with zero attached hydrogens (tertiary/aromatic N) is 1. The minimum atomic E-state index is 0.0923. The minimum absolute atomic E-state index is 0.0923. The summed E-state index contributed by atoms with van der Waals surface area (Å²) in [5.74, 6) is 0. The van der Waals surface area contributed by atoms with Gasteiger partial charge in [0, 0.05) is 16.0 Å². The zero-order chi connectivity index (χ0) is 21.9. The molecule has 3 aromatic carbocycles. The second-order valence-electron chi connectivity index (χ2n) is 9.88. The number of aliphatic imine (C=N–C) groups is 1. The first-order valence-electron chi connectivity index (χ1n) is 10.6. The predicted molar refractivity (Wildman–Crippen MR) is 133 cm³/mol. The van der Waals surface area contributed by atoms with Crippen LogP contribution in [0.1, 0.15) is 63.8 Å². The molecule has 0 aliphatic rings. The summed E-state index contributed by atoms with van der Waals surface area (Å²) >= 11 is 1.75. The van der Waals surface area contributed by atoms with Crippen LogP contribution in [0.2, 0.25) is 0 Å². The van der Waals surface area contributed by atoms with E-state index in [1.807, 2.05) is 12.3 Å². The Balaban J connectivity index is 2.03. The first-order chi connectivity index (χ1) is 14.1. The van der Waals surface area contributed by atoms with Gasteiger partial charge in [-0.25, -0.2) is 0 Å². The van der Waals surface area contributed by atoms with Crippen molar-refractivity contribution < 1.29 is 0 Å². The molecule has 3 rings (SSSR count). The summed E-state index contributed by atoms with van der Waals surface area (Å²) in [5, 5.41) is 0. The van der Waals surface area contributed by atoms with Gasteiger partial charge in [0.1, 0.15) is 0 Å². The minimum Gasteiger partial charge on any atom is -0.255 e. The molecule has 0 unspecified atom stereocenters. The SMILES string of the molecule is Cc1c(/C=N/c2ccccc2Sc2ccccc2)cc(C(C)(C)C)cc1C(C)(C)C. The molecule has 0 atom stereocenters. The monoisotopic (exact) mass is 415 g/mol. The van der Waals surface area contributed by atoms with Gasteiger partial charge in [-0.1, -0.05) is 89.7 Å². The number of benzene rings is 3. The maximum Gasteiger partial charge on any atom is 0.0769 e. The average Bonchev–Trinajstić information content (AvgIpc) is 2.67. The Labute approximate surface area is 186 Å². The fourth-order valence-electron chi connectivity index (χ4n) is 3.49. The highest BCUT2D eigenvalue weighted by molar-refractivity contribution is 7.99. The molecule has 0 spiro atoms. The summed E-state index contributed by atoms with van der Waals surface area (Å²) in [6.45, 7) is 15.9. The average molecular weight is 416 g/mol. The molecule has 2 heteroatoms. The van der Waals surface area contributed by atoms with Crippen LogP contribution in [-0.4, -0.2) is 6.21 Å². The lowest BCUT2D eigenvalue weighted by Gasteiger charge is -2.28. The highest BCUT2D eigenvalue weighted by atomic mass is 32.2. The molecule has 0 aromatic heterocycles. The van der Waals surface area contributed by atoms with E-state index in [2.05, 4.69) is 109 Å². The van der Waals surface area contributed by atoms with Gasteiger partial charge in [-0.15, -0.1) is 0 Å². The summed E-state index contributed by atoms with van der Waals surface area (Å²) in [4.78, 5) is 7.32. The molecule has 0 heterocycles. The third-order valence-electron chi connectivity index (χ3n) is 5.30. The standard InChI is InChI=1S/C28H33NS/c1-20-21(17-22(27(2,3)4)18-24(20)28(5,6)7)19-29-25-15-11-12-16-26(25)30-23-13-9-8-10-14-23/h8-19H,1-7H3/b29-19+. The molecule has 0 amide bonds. The van der Waals surface area contributed by atoms with E-state index in [-0.39, 0.29) is 10.8 Å². The smallest absolute Gasteiger partial charge is 0.0769 e. The van der Waals surface area contributed by atoms with Crippen molar-refractivity contribution >= 4 is 23.7 Å². The van der Waals surface area contributed by atoms with Gasteiger partial charge in [0.15, 0.2) is 0 Å². The van der Waals surface area contributed by atoms with E-state index in [4.69, 9.17) is 4.99 Å². The van der Waals surface area contributed by atoms with Crippen LogP contribution in [0.15, 0.2) is 81.5 Å². The summed E-state index contributed by atoms with van der Waals surface area (Å²) in [5.41, 5.74) is 6.45. The molecule has 0 N–H and O–H groups in total.